The molecule has 0 fully saturated rings. The molecule has 0 bridgehead atoms. The van der Waals surface area contributed by atoms with Crippen LogP contribution in [0.5, 0.6) is 11.5 Å². The molecule has 0 spiro atoms. The molecule has 8 nitrogen and oxygen atoms in total. The molecule has 2 heterocycles. The van der Waals surface area contributed by atoms with Crippen molar-refractivity contribution >= 4 is 22.8 Å². The van der Waals surface area contributed by atoms with Crippen LogP contribution in [0.25, 0.3) is 10.9 Å². The Labute approximate surface area is 143 Å². The molecule has 0 radical (unpaired) electrons. The fraction of sp³-hybridized carbons (Fsp3) is 0.118. The maximum absolute atomic E-state index is 12.1. The van der Waals surface area contributed by atoms with Crippen LogP contribution in [0.15, 0.2) is 47.7 Å². The first-order valence-corrected chi connectivity index (χ1v) is 7.57. The topological polar surface area (TPSA) is 131 Å². The van der Waals surface area contributed by atoms with Gasteiger partial charge in [-0.2, -0.15) is 0 Å². The summed E-state index contributed by atoms with van der Waals surface area (Å²) in [5.74, 6) is 0.909. The third-order valence-corrected chi connectivity index (χ3v) is 3.56. The number of fused-ring (bicyclic) bond motifs is 1. The summed E-state index contributed by atoms with van der Waals surface area (Å²) < 4.78 is 5.80. The van der Waals surface area contributed by atoms with Crippen LogP contribution in [0.3, 0.4) is 0 Å². The van der Waals surface area contributed by atoms with Crippen LogP contribution in [-0.2, 0) is 6.54 Å². The van der Waals surface area contributed by atoms with Gasteiger partial charge in [-0.05, 0) is 29.8 Å². The predicted octanol–water partition coefficient (Wildman–Crippen LogP) is 1.49. The maximum atomic E-state index is 12.1. The number of H-pyrrole nitrogens is 1. The molecule has 0 aliphatic heterocycles. The number of pyridine rings is 1. The largest absolute Gasteiger partial charge is 0.456 e. The average molecular weight is 338 g/mol. The van der Waals surface area contributed by atoms with E-state index in [1.54, 1.807) is 24.5 Å². The molecule has 0 unspecified atom stereocenters. The SMILES string of the molecule is CN=C(N)NC(=O)c1cc2ccc(Oc3cncc(CN)c3)cc2[nH]1. The molecule has 128 valence electrons. The number of nitrogens with two attached hydrogens (primary N) is 2. The highest BCUT2D eigenvalue weighted by Crippen LogP contribution is 2.26. The van der Waals surface area contributed by atoms with Crippen molar-refractivity contribution in [1.82, 2.24) is 15.3 Å². The van der Waals surface area contributed by atoms with Gasteiger partial charge in [0, 0.05) is 36.8 Å². The van der Waals surface area contributed by atoms with E-state index < -0.39 is 0 Å². The van der Waals surface area contributed by atoms with Crippen LogP contribution in [0.1, 0.15) is 16.1 Å². The lowest BCUT2D eigenvalue weighted by atomic mass is 10.2. The lowest BCUT2D eigenvalue weighted by Crippen LogP contribution is -2.36. The Bertz CT molecular complexity index is 947. The van der Waals surface area contributed by atoms with Crippen molar-refractivity contribution in [3.63, 3.8) is 0 Å². The minimum Gasteiger partial charge on any atom is -0.456 e. The fourth-order valence-corrected chi connectivity index (χ4v) is 2.30. The van der Waals surface area contributed by atoms with E-state index in [2.05, 4.69) is 20.3 Å². The molecule has 0 atom stereocenters. The number of ether oxygens (including phenoxy) is 1. The second-order valence-electron chi connectivity index (χ2n) is 5.33. The van der Waals surface area contributed by atoms with E-state index in [1.165, 1.54) is 7.05 Å². The van der Waals surface area contributed by atoms with E-state index in [0.29, 0.717) is 23.7 Å². The summed E-state index contributed by atoms with van der Waals surface area (Å²) in [7, 11) is 1.50. The Hall–Kier alpha value is -3.39. The predicted molar refractivity (Wildman–Crippen MR) is 95.5 cm³/mol. The minimum absolute atomic E-state index is 0.0555. The van der Waals surface area contributed by atoms with Gasteiger partial charge in [0.15, 0.2) is 5.96 Å². The number of aromatic amines is 1. The van der Waals surface area contributed by atoms with Gasteiger partial charge < -0.3 is 21.2 Å². The number of carbonyl (C=O) groups is 1. The number of nitrogens with one attached hydrogen (secondary N) is 2. The van der Waals surface area contributed by atoms with Gasteiger partial charge in [-0.25, -0.2) is 0 Å². The van der Waals surface area contributed by atoms with Crippen LogP contribution < -0.4 is 21.5 Å². The molecular formula is C17H18N6O2. The molecule has 2 aromatic heterocycles. The maximum Gasteiger partial charge on any atom is 0.274 e. The van der Waals surface area contributed by atoms with Crippen molar-refractivity contribution in [3.05, 3.63) is 54.0 Å². The highest BCUT2D eigenvalue weighted by molar-refractivity contribution is 6.06. The van der Waals surface area contributed by atoms with E-state index in [-0.39, 0.29) is 11.9 Å². The molecular weight excluding hydrogens is 320 g/mol. The smallest absolute Gasteiger partial charge is 0.274 e. The summed E-state index contributed by atoms with van der Waals surface area (Å²) in [5, 5.41) is 3.35. The van der Waals surface area contributed by atoms with Crippen LogP contribution in [0.4, 0.5) is 0 Å². The van der Waals surface area contributed by atoms with E-state index in [4.69, 9.17) is 16.2 Å². The molecule has 6 N–H and O–H groups in total. The number of aliphatic imine (C=N–C) groups is 1. The van der Waals surface area contributed by atoms with Gasteiger partial charge in [-0.1, -0.05) is 0 Å². The van der Waals surface area contributed by atoms with Gasteiger partial charge in [0.25, 0.3) is 5.91 Å². The number of benzene rings is 1. The lowest BCUT2D eigenvalue weighted by Gasteiger charge is -2.06. The van der Waals surface area contributed by atoms with Gasteiger partial charge in [-0.3, -0.25) is 20.1 Å². The fourth-order valence-electron chi connectivity index (χ4n) is 2.30. The Morgan fingerprint density at radius 3 is 2.88 bits per heavy atom. The van der Waals surface area contributed by atoms with Gasteiger partial charge in [-0.15, -0.1) is 0 Å². The summed E-state index contributed by atoms with van der Waals surface area (Å²) in [6.45, 7) is 0.391. The van der Waals surface area contributed by atoms with Crippen molar-refractivity contribution in [1.29, 1.82) is 0 Å². The molecule has 0 aliphatic rings. The van der Waals surface area contributed by atoms with Crippen molar-refractivity contribution in [3.8, 4) is 11.5 Å². The van der Waals surface area contributed by atoms with Gasteiger partial charge >= 0.3 is 0 Å². The van der Waals surface area contributed by atoms with Crippen LogP contribution >= 0.6 is 0 Å². The zero-order valence-electron chi connectivity index (χ0n) is 13.6. The van der Waals surface area contributed by atoms with E-state index in [1.807, 2.05) is 18.2 Å². The van der Waals surface area contributed by atoms with Gasteiger partial charge in [0.2, 0.25) is 0 Å². The number of amides is 1. The molecule has 8 heteroatoms. The standard InChI is InChI=1S/C17H18N6O2/c1-20-17(19)23-16(24)15-5-11-2-3-12(6-14(11)22-15)25-13-4-10(7-18)8-21-9-13/h2-6,8-9,22H,7,18H2,1H3,(H3,19,20,23,24). The number of rotatable bonds is 4. The molecule has 0 saturated carbocycles. The molecule has 3 aromatic rings. The van der Waals surface area contributed by atoms with Gasteiger partial charge in [0.05, 0.1) is 6.20 Å². The normalized spacial score (nSPS) is 11.5. The summed E-state index contributed by atoms with van der Waals surface area (Å²) in [4.78, 5) is 22.9. The van der Waals surface area contributed by atoms with Crippen molar-refractivity contribution < 1.29 is 9.53 Å². The highest BCUT2D eigenvalue weighted by Gasteiger charge is 2.11. The molecule has 1 aromatic carbocycles. The number of hydrogen-bond donors (Lipinski definition) is 4. The summed E-state index contributed by atoms with van der Waals surface area (Å²) in [6.07, 6.45) is 3.31. The molecule has 1 amide bonds. The third kappa shape index (κ3) is 3.75. The number of aromatic nitrogens is 2. The Kier molecular flexibility index (Phi) is 4.62. The van der Waals surface area contributed by atoms with Crippen molar-refractivity contribution in [2.45, 2.75) is 6.54 Å². The van der Waals surface area contributed by atoms with Crippen molar-refractivity contribution in [2.24, 2.45) is 16.5 Å². The second kappa shape index (κ2) is 7.02. The minimum atomic E-state index is -0.360. The van der Waals surface area contributed by atoms with Crippen LogP contribution in [-0.4, -0.2) is 28.9 Å². The number of nitrogens with zero attached hydrogens (tertiary/aromatic N) is 2. The number of guanidine groups is 1. The van der Waals surface area contributed by atoms with Crippen LogP contribution in [0.2, 0.25) is 0 Å². The zero-order chi connectivity index (χ0) is 17.8. The Balaban J connectivity index is 1.83. The highest BCUT2D eigenvalue weighted by atomic mass is 16.5. The molecule has 0 aliphatic carbocycles. The van der Waals surface area contributed by atoms with E-state index >= 15 is 0 Å². The summed E-state index contributed by atoms with van der Waals surface area (Å²) >= 11 is 0. The quantitative estimate of drug-likeness (QED) is 0.423. The van der Waals surface area contributed by atoms with Crippen LogP contribution in [0, 0.1) is 0 Å². The molecule has 3 rings (SSSR count). The Morgan fingerprint density at radius 1 is 1.28 bits per heavy atom. The molecule has 0 saturated heterocycles. The monoisotopic (exact) mass is 338 g/mol. The Morgan fingerprint density at radius 2 is 2.12 bits per heavy atom. The first-order valence-electron chi connectivity index (χ1n) is 7.57. The summed E-state index contributed by atoms with van der Waals surface area (Å²) in [5.41, 5.74) is 13.1. The van der Waals surface area contributed by atoms with E-state index in [9.17, 15) is 4.79 Å². The van der Waals surface area contributed by atoms with Crippen molar-refractivity contribution in [2.75, 3.05) is 7.05 Å². The third-order valence-electron chi connectivity index (χ3n) is 3.56. The average Bonchev–Trinajstić information content (AvgIpc) is 3.05. The lowest BCUT2D eigenvalue weighted by molar-refractivity contribution is 0.0972. The van der Waals surface area contributed by atoms with E-state index in [0.717, 1.165) is 16.5 Å². The number of carbonyl (C=O) groups excluding carboxylic acids is 1. The zero-order valence-corrected chi connectivity index (χ0v) is 13.6. The first-order chi connectivity index (χ1) is 12.1. The van der Waals surface area contributed by atoms with Gasteiger partial charge in [0.1, 0.15) is 17.2 Å². The summed E-state index contributed by atoms with van der Waals surface area (Å²) in [6, 6.07) is 9.04. The number of hydrogen-bond acceptors (Lipinski definition) is 5. The first kappa shape index (κ1) is 16.5. The second-order valence-corrected chi connectivity index (χ2v) is 5.33. The molecule has 25 heavy (non-hydrogen) atoms.